The van der Waals surface area contributed by atoms with E-state index in [0.29, 0.717) is 13.2 Å². The van der Waals surface area contributed by atoms with E-state index in [1.54, 1.807) is 0 Å². The van der Waals surface area contributed by atoms with Crippen molar-refractivity contribution >= 4 is 21.8 Å². The number of nitrogens with one attached hydrogen (secondary N) is 1. The maximum atomic E-state index is 12.6. The fourth-order valence-electron chi connectivity index (χ4n) is 3.72. The van der Waals surface area contributed by atoms with Gasteiger partial charge in [0.2, 0.25) is 5.91 Å². The molecule has 1 saturated heterocycles. The molecular weight excluding hydrogens is 420 g/mol. The van der Waals surface area contributed by atoms with Crippen molar-refractivity contribution < 1.29 is 14.3 Å². The second kappa shape index (κ2) is 8.97. The lowest BCUT2D eigenvalue weighted by Gasteiger charge is -2.32. The minimum absolute atomic E-state index is 0.0814. The molecule has 2 aliphatic rings. The Morgan fingerprint density at radius 1 is 1.07 bits per heavy atom. The molecule has 2 heterocycles. The van der Waals surface area contributed by atoms with E-state index >= 15 is 0 Å². The van der Waals surface area contributed by atoms with Gasteiger partial charge in [-0.1, -0.05) is 40.2 Å². The molecule has 4 rings (SSSR count). The first kappa shape index (κ1) is 19.3. The standard InChI is InChI=1S/C22H25BrN2O3/c23-18-7-5-16(6-8-18)14-25-11-9-17(10-12-25)22(26)24-13-19-15-27-20-3-1-2-4-21(20)28-19/h1-8,17,19H,9-15H2,(H,24,26)/t19-/m0/s1. The summed E-state index contributed by atoms with van der Waals surface area (Å²) in [6.45, 7) is 3.78. The quantitative estimate of drug-likeness (QED) is 0.764. The first-order valence-corrected chi connectivity index (χ1v) is 10.6. The number of halogens is 1. The number of piperidine rings is 1. The predicted octanol–water partition coefficient (Wildman–Crippen LogP) is 3.62. The molecule has 0 radical (unpaired) electrons. The van der Waals surface area contributed by atoms with Gasteiger partial charge in [-0.25, -0.2) is 0 Å². The summed E-state index contributed by atoms with van der Waals surface area (Å²) >= 11 is 3.47. The lowest BCUT2D eigenvalue weighted by molar-refractivity contribution is -0.127. The Bertz CT molecular complexity index is 804. The number of likely N-dealkylation sites (tertiary alicyclic amines) is 1. The van der Waals surface area contributed by atoms with Gasteiger partial charge in [0, 0.05) is 16.9 Å². The highest BCUT2D eigenvalue weighted by atomic mass is 79.9. The van der Waals surface area contributed by atoms with Gasteiger partial charge in [0.15, 0.2) is 11.5 Å². The number of para-hydroxylation sites is 2. The van der Waals surface area contributed by atoms with Gasteiger partial charge >= 0.3 is 0 Å². The van der Waals surface area contributed by atoms with Crippen LogP contribution < -0.4 is 14.8 Å². The summed E-state index contributed by atoms with van der Waals surface area (Å²) in [6, 6.07) is 16.1. The van der Waals surface area contributed by atoms with Gasteiger partial charge in [0.25, 0.3) is 0 Å². The van der Waals surface area contributed by atoms with Gasteiger partial charge in [-0.3, -0.25) is 9.69 Å². The smallest absolute Gasteiger partial charge is 0.223 e. The molecule has 1 fully saturated rings. The molecule has 28 heavy (non-hydrogen) atoms. The Balaban J connectivity index is 1.20. The molecule has 0 saturated carbocycles. The highest BCUT2D eigenvalue weighted by Gasteiger charge is 2.27. The SMILES string of the molecule is O=C(NC[C@H]1COc2ccccc2O1)C1CCN(Cc2ccc(Br)cc2)CC1. The molecule has 1 atom stereocenters. The molecule has 0 unspecified atom stereocenters. The van der Waals surface area contributed by atoms with E-state index in [1.807, 2.05) is 24.3 Å². The van der Waals surface area contributed by atoms with Crippen LogP contribution in [0.3, 0.4) is 0 Å². The second-order valence-corrected chi connectivity index (χ2v) is 8.34. The van der Waals surface area contributed by atoms with E-state index in [0.717, 1.165) is 48.4 Å². The molecule has 148 valence electrons. The lowest BCUT2D eigenvalue weighted by Crippen LogP contribution is -2.45. The molecule has 0 aliphatic carbocycles. The van der Waals surface area contributed by atoms with Crippen LogP contribution in [0, 0.1) is 5.92 Å². The van der Waals surface area contributed by atoms with Gasteiger partial charge < -0.3 is 14.8 Å². The first-order valence-electron chi connectivity index (χ1n) is 9.80. The van der Waals surface area contributed by atoms with E-state index in [1.165, 1.54) is 5.56 Å². The molecule has 6 heteroatoms. The van der Waals surface area contributed by atoms with Crippen LogP contribution in [-0.4, -0.2) is 43.2 Å². The van der Waals surface area contributed by atoms with E-state index in [9.17, 15) is 4.79 Å². The molecule has 1 amide bonds. The number of hydrogen-bond acceptors (Lipinski definition) is 4. The maximum absolute atomic E-state index is 12.6. The number of fused-ring (bicyclic) bond motifs is 1. The Morgan fingerprint density at radius 2 is 1.79 bits per heavy atom. The molecule has 5 nitrogen and oxygen atoms in total. The summed E-state index contributed by atoms with van der Waals surface area (Å²) in [4.78, 5) is 15.0. The zero-order valence-electron chi connectivity index (χ0n) is 15.8. The van der Waals surface area contributed by atoms with Crippen molar-refractivity contribution in [1.29, 1.82) is 0 Å². The predicted molar refractivity (Wildman–Crippen MR) is 112 cm³/mol. The van der Waals surface area contributed by atoms with Crippen LogP contribution in [-0.2, 0) is 11.3 Å². The van der Waals surface area contributed by atoms with Gasteiger partial charge in [-0.05, 0) is 55.8 Å². The van der Waals surface area contributed by atoms with Crippen LogP contribution in [0.4, 0.5) is 0 Å². The molecular formula is C22H25BrN2O3. The zero-order chi connectivity index (χ0) is 19.3. The molecule has 2 aromatic carbocycles. The number of carbonyl (C=O) groups excluding carboxylic acids is 1. The van der Waals surface area contributed by atoms with Crippen molar-refractivity contribution in [2.45, 2.75) is 25.5 Å². The van der Waals surface area contributed by atoms with Crippen molar-refractivity contribution in [2.24, 2.45) is 5.92 Å². The van der Waals surface area contributed by atoms with Crippen molar-refractivity contribution in [2.75, 3.05) is 26.2 Å². The second-order valence-electron chi connectivity index (χ2n) is 7.42. The van der Waals surface area contributed by atoms with Crippen molar-refractivity contribution in [3.8, 4) is 11.5 Å². The number of hydrogen-bond donors (Lipinski definition) is 1. The Kier molecular flexibility index (Phi) is 6.17. The van der Waals surface area contributed by atoms with Gasteiger partial charge in [-0.15, -0.1) is 0 Å². The van der Waals surface area contributed by atoms with Crippen molar-refractivity contribution in [1.82, 2.24) is 10.2 Å². The fourth-order valence-corrected chi connectivity index (χ4v) is 3.99. The van der Waals surface area contributed by atoms with Crippen LogP contribution in [0.15, 0.2) is 53.0 Å². The molecule has 0 aromatic heterocycles. The fraction of sp³-hybridized carbons (Fsp3) is 0.409. The number of nitrogens with zero attached hydrogens (tertiary/aromatic N) is 1. The van der Waals surface area contributed by atoms with Crippen LogP contribution in [0.25, 0.3) is 0 Å². The number of amides is 1. The lowest BCUT2D eigenvalue weighted by atomic mass is 9.95. The summed E-state index contributed by atoms with van der Waals surface area (Å²) in [6.07, 6.45) is 1.65. The topological polar surface area (TPSA) is 50.8 Å². The summed E-state index contributed by atoms with van der Waals surface area (Å²) in [5.74, 6) is 1.72. The van der Waals surface area contributed by atoms with Gasteiger partial charge in [-0.2, -0.15) is 0 Å². The third-order valence-electron chi connectivity index (χ3n) is 5.35. The zero-order valence-corrected chi connectivity index (χ0v) is 17.4. The molecule has 0 bridgehead atoms. The third-order valence-corrected chi connectivity index (χ3v) is 5.88. The monoisotopic (exact) mass is 444 g/mol. The minimum Gasteiger partial charge on any atom is -0.486 e. The third kappa shape index (κ3) is 4.86. The number of rotatable bonds is 5. The van der Waals surface area contributed by atoms with Crippen LogP contribution in [0.2, 0.25) is 0 Å². The first-order chi connectivity index (χ1) is 13.7. The van der Waals surface area contributed by atoms with E-state index < -0.39 is 0 Å². The minimum atomic E-state index is -0.142. The highest BCUT2D eigenvalue weighted by molar-refractivity contribution is 9.10. The van der Waals surface area contributed by atoms with Crippen molar-refractivity contribution in [3.63, 3.8) is 0 Å². The van der Waals surface area contributed by atoms with E-state index in [4.69, 9.17) is 9.47 Å². The van der Waals surface area contributed by atoms with E-state index in [-0.39, 0.29) is 17.9 Å². The summed E-state index contributed by atoms with van der Waals surface area (Å²) in [5.41, 5.74) is 1.31. The Hall–Kier alpha value is -2.05. The van der Waals surface area contributed by atoms with E-state index in [2.05, 4.69) is 50.4 Å². The highest BCUT2D eigenvalue weighted by Crippen LogP contribution is 2.30. The number of carbonyl (C=O) groups is 1. The van der Waals surface area contributed by atoms with Gasteiger partial charge in [0.1, 0.15) is 12.7 Å². The summed E-state index contributed by atoms with van der Waals surface area (Å²) < 4.78 is 12.7. The van der Waals surface area contributed by atoms with Crippen LogP contribution >= 0.6 is 15.9 Å². The molecule has 1 N–H and O–H groups in total. The van der Waals surface area contributed by atoms with Crippen LogP contribution in [0.1, 0.15) is 18.4 Å². The summed E-state index contributed by atoms with van der Waals surface area (Å²) in [5, 5.41) is 3.06. The normalized spacial score (nSPS) is 20.0. The average Bonchev–Trinajstić information content (AvgIpc) is 2.74. The maximum Gasteiger partial charge on any atom is 0.223 e. The van der Waals surface area contributed by atoms with Crippen molar-refractivity contribution in [3.05, 3.63) is 58.6 Å². The molecule has 2 aromatic rings. The average molecular weight is 445 g/mol. The number of benzene rings is 2. The largest absolute Gasteiger partial charge is 0.486 e. The summed E-state index contributed by atoms with van der Waals surface area (Å²) in [7, 11) is 0. The Labute approximate surface area is 174 Å². The Morgan fingerprint density at radius 3 is 2.54 bits per heavy atom. The van der Waals surface area contributed by atoms with Gasteiger partial charge in [0.05, 0.1) is 6.54 Å². The molecule has 2 aliphatic heterocycles. The molecule has 0 spiro atoms. The number of ether oxygens (including phenoxy) is 2. The van der Waals surface area contributed by atoms with Crippen LogP contribution in [0.5, 0.6) is 11.5 Å².